The molecule has 0 atom stereocenters. The molecule has 1 aliphatic carbocycles. The SMILES string of the molecule is [W].c1ccc2c(c1)Cc1ccccc1[C-]2CN1CCCCC1. The fourth-order valence-electron chi connectivity index (χ4n) is 3.80. The van der Waals surface area contributed by atoms with Gasteiger partial charge >= 0.3 is 0 Å². The van der Waals surface area contributed by atoms with E-state index >= 15 is 0 Å². The minimum atomic E-state index is 0. The Kier molecular flexibility index (Phi) is 5.06. The largest absolute Gasteiger partial charge is 0.306 e. The zero-order chi connectivity index (χ0) is 14.1. The second kappa shape index (κ2) is 7.02. The molecule has 114 valence electrons. The molecule has 2 aromatic carbocycles. The smallest absolute Gasteiger partial charge is 0 e. The quantitative estimate of drug-likeness (QED) is 0.612. The van der Waals surface area contributed by atoms with Crippen molar-refractivity contribution in [2.45, 2.75) is 25.7 Å². The van der Waals surface area contributed by atoms with Gasteiger partial charge in [-0.3, -0.25) is 0 Å². The normalized spacial score (nSPS) is 17.4. The Hall–Kier alpha value is -1.04. The topological polar surface area (TPSA) is 3.24 Å². The van der Waals surface area contributed by atoms with Crippen LogP contribution in [0.5, 0.6) is 0 Å². The average Bonchev–Trinajstić information content (AvgIpc) is 2.55. The summed E-state index contributed by atoms with van der Waals surface area (Å²) < 4.78 is 0. The van der Waals surface area contributed by atoms with Crippen LogP contribution in [0, 0.1) is 5.92 Å². The maximum atomic E-state index is 2.64. The Morgan fingerprint density at radius 2 is 1.32 bits per heavy atom. The molecule has 0 aromatic heterocycles. The van der Waals surface area contributed by atoms with Crippen molar-refractivity contribution in [2.24, 2.45) is 0 Å². The predicted molar refractivity (Wildman–Crippen MR) is 87.4 cm³/mol. The maximum absolute atomic E-state index is 2.64. The molecule has 2 aromatic rings. The van der Waals surface area contributed by atoms with Crippen LogP contribution in [0.4, 0.5) is 0 Å². The number of piperidine rings is 1. The van der Waals surface area contributed by atoms with Gasteiger partial charge < -0.3 is 4.90 Å². The number of benzene rings is 2. The molecular formula is C20H22NW-. The molecule has 2 heteroatoms. The molecule has 1 heterocycles. The summed E-state index contributed by atoms with van der Waals surface area (Å²) in [5.41, 5.74) is 5.93. The summed E-state index contributed by atoms with van der Waals surface area (Å²) in [6.45, 7) is 3.62. The summed E-state index contributed by atoms with van der Waals surface area (Å²) in [5.74, 6) is 1.54. The number of fused-ring (bicyclic) bond motifs is 2. The van der Waals surface area contributed by atoms with Gasteiger partial charge in [-0.1, -0.05) is 55.2 Å². The Labute approximate surface area is 148 Å². The molecule has 0 amide bonds. The van der Waals surface area contributed by atoms with E-state index in [1.807, 2.05) is 0 Å². The minimum Gasteiger partial charge on any atom is -0.306 e. The van der Waals surface area contributed by atoms with E-state index in [1.54, 1.807) is 0 Å². The molecule has 4 rings (SSSR count). The second-order valence-electron chi connectivity index (χ2n) is 6.31. The standard InChI is InChI=1S/C20H22N.W/c1-6-12-21(13-7-1)15-20-18-10-4-2-8-16(18)14-17-9-3-5-11-19(17)20;/h2-5,8-11H,1,6-7,12-15H2;/q-1;. The van der Waals surface area contributed by atoms with Gasteiger partial charge in [0.05, 0.1) is 0 Å². The van der Waals surface area contributed by atoms with Crippen LogP contribution in [0.15, 0.2) is 48.5 Å². The molecule has 0 bridgehead atoms. The van der Waals surface area contributed by atoms with Crippen molar-refractivity contribution in [3.8, 4) is 0 Å². The molecule has 22 heavy (non-hydrogen) atoms. The molecule has 1 aliphatic heterocycles. The van der Waals surface area contributed by atoms with Gasteiger partial charge in [-0.05, 0) is 32.5 Å². The van der Waals surface area contributed by atoms with Crippen LogP contribution in [0.3, 0.4) is 0 Å². The predicted octanol–water partition coefficient (Wildman–Crippen LogP) is 4.05. The number of likely N-dealkylation sites (tertiary alicyclic amines) is 1. The third-order valence-electron chi connectivity index (χ3n) is 4.90. The van der Waals surface area contributed by atoms with Crippen LogP contribution >= 0.6 is 0 Å². The van der Waals surface area contributed by atoms with Crippen LogP contribution in [0.25, 0.3) is 0 Å². The molecular weight excluding hydrogens is 438 g/mol. The van der Waals surface area contributed by atoms with Gasteiger partial charge in [0.2, 0.25) is 0 Å². The average molecular weight is 460 g/mol. The van der Waals surface area contributed by atoms with E-state index in [1.165, 1.54) is 60.5 Å². The van der Waals surface area contributed by atoms with Crippen LogP contribution in [-0.4, -0.2) is 24.5 Å². The third-order valence-corrected chi connectivity index (χ3v) is 4.90. The summed E-state index contributed by atoms with van der Waals surface area (Å²) in [6.07, 6.45) is 5.20. The Morgan fingerprint density at radius 3 is 1.91 bits per heavy atom. The van der Waals surface area contributed by atoms with Crippen molar-refractivity contribution < 1.29 is 21.1 Å². The molecule has 0 spiro atoms. The van der Waals surface area contributed by atoms with Crippen molar-refractivity contribution in [3.05, 3.63) is 76.7 Å². The van der Waals surface area contributed by atoms with Crippen molar-refractivity contribution >= 4 is 0 Å². The first-order chi connectivity index (χ1) is 10.4. The van der Waals surface area contributed by atoms with Crippen molar-refractivity contribution in [1.82, 2.24) is 4.90 Å². The molecule has 0 N–H and O–H groups in total. The molecule has 0 radical (unpaired) electrons. The van der Waals surface area contributed by atoms with Crippen molar-refractivity contribution in [2.75, 3.05) is 19.6 Å². The van der Waals surface area contributed by atoms with Gasteiger partial charge in [0.15, 0.2) is 0 Å². The van der Waals surface area contributed by atoms with E-state index in [0.29, 0.717) is 0 Å². The van der Waals surface area contributed by atoms with Gasteiger partial charge in [-0.2, -0.15) is 0 Å². The van der Waals surface area contributed by atoms with Crippen LogP contribution < -0.4 is 0 Å². The first kappa shape index (κ1) is 15.8. The summed E-state index contributed by atoms with van der Waals surface area (Å²) in [4.78, 5) is 2.64. The fraction of sp³-hybridized carbons (Fsp3) is 0.350. The molecule has 1 saturated heterocycles. The molecule has 2 aliphatic rings. The van der Waals surface area contributed by atoms with E-state index < -0.39 is 0 Å². The van der Waals surface area contributed by atoms with Gasteiger partial charge in [0, 0.05) is 21.1 Å². The first-order valence-corrected chi connectivity index (χ1v) is 8.16. The van der Waals surface area contributed by atoms with Gasteiger partial charge in [0.1, 0.15) is 0 Å². The van der Waals surface area contributed by atoms with Crippen molar-refractivity contribution in [3.63, 3.8) is 0 Å². The Balaban J connectivity index is 0.00000144. The number of rotatable bonds is 2. The van der Waals surface area contributed by atoms with Gasteiger partial charge in [0.25, 0.3) is 0 Å². The van der Waals surface area contributed by atoms with E-state index in [9.17, 15) is 0 Å². The summed E-state index contributed by atoms with van der Waals surface area (Å²) in [7, 11) is 0. The fourth-order valence-corrected chi connectivity index (χ4v) is 3.80. The summed E-state index contributed by atoms with van der Waals surface area (Å²) in [6, 6.07) is 17.9. The second-order valence-corrected chi connectivity index (χ2v) is 6.31. The van der Waals surface area contributed by atoms with Gasteiger partial charge in [-0.15, -0.1) is 34.4 Å². The first-order valence-electron chi connectivity index (χ1n) is 8.16. The molecule has 1 fully saturated rings. The number of nitrogens with zero attached hydrogens (tertiary/aromatic N) is 1. The van der Waals surface area contributed by atoms with E-state index in [-0.39, 0.29) is 21.1 Å². The van der Waals surface area contributed by atoms with Crippen LogP contribution in [0.2, 0.25) is 0 Å². The number of hydrogen-bond acceptors (Lipinski definition) is 1. The third kappa shape index (κ3) is 3.02. The number of hydrogen-bond donors (Lipinski definition) is 0. The minimum absolute atomic E-state index is 0. The molecule has 0 saturated carbocycles. The van der Waals surface area contributed by atoms with Crippen LogP contribution in [0.1, 0.15) is 41.5 Å². The van der Waals surface area contributed by atoms with E-state index in [2.05, 4.69) is 53.4 Å². The zero-order valence-electron chi connectivity index (χ0n) is 12.9. The van der Waals surface area contributed by atoms with E-state index in [0.717, 1.165) is 13.0 Å². The van der Waals surface area contributed by atoms with Gasteiger partial charge in [-0.25, -0.2) is 0 Å². The zero-order valence-corrected chi connectivity index (χ0v) is 15.9. The monoisotopic (exact) mass is 460 g/mol. The molecule has 1 nitrogen and oxygen atoms in total. The Bertz CT molecular complexity index is 586. The van der Waals surface area contributed by atoms with Crippen LogP contribution in [-0.2, 0) is 27.5 Å². The maximum Gasteiger partial charge on any atom is 0 e. The summed E-state index contributed by atoms with van der Waals surface area (Å²) >= 11 is 0. The van der Waals surface area contributed by atoms with Crippen molar-refractivity contribution in [1.29, 1.82) is 0 Å². The molecule has 0 unspecified atom stereocenters. The summed E-state index contributed by atoms with van der Waals surface area (Å²) in [5, 5.41) is 0. The van der Waals surface area contributed by atoms with E-state index in [4.69, 9.17) is 0 Å². The Morgan fingerprint density at radius 1 is 0.773 bits per heavy atom.